The molecule has 0 radical (unpaired) electrons. The minimum Gasteiger partial charge on any atom is -0.480 e. The van der Waals surface area contributed by atoms with Gasteiger partial charge in [0.25, 0.3) is 0 Å². The normalized spacial score (nSPS) is 32.1. The van der Waals surface area contributed by atoms with Gasteiger partial charge in [0.05, 0.1) is 11.5 Å². The van der Waals surface area contributed by atoms with Crippen LogP contribution in [0.4, 0.5) is 0 Å². The molecule has 6 heteroatoms. The largest absolute Gasteiger partial charge is 0.480 e. The second-order valence-corrected chi connectivity index (χ2v) is 6.28. The third-order valence-electron chi connectivity index (χ3n) is 2.90. The Kier molecular flexibility index (Phi) is 3.72. The summed E-state index contributed by atoms with van der Waals surface area (Å²) in [6.45, 7) is 3.89. The topological polar surface area (TPSA) is 83.5 Å². The fraction of sp³-hybridized carbons (Fsp3) is 0.889. The summed E-state index contributed by atoms with van der Waals surface area (Å²) in [4.78, 5) is 10.8. The standard InChI is InChI=1S/C9H17NO4S/c1-3-6(2)7-4-15(13,14)5-8(10-7)9(11)12/h6-8,10H,3-5H2,1-2H3,(H,11,12). The van der Waals surface area contributed by atoms with Gasteiger partial charge in [-0.15, -0.1) is 0 Å². The van der Waals surface area contributed by atoms with Crippen molar-refractivity contribution in [1.82, 2.24) is 5.32 Å². The summed E-state index contributed by atoms with van der Waals surface area (Å²) in [6.07, 6.45) is 0.833. The van der Waals surface area contributed by atoms with Crippen molar-refractivity contribution in [3.63, 3.8) is 0 Å². The van der Waals surface area contributed by atoms with Crippen molar-refractivity contribution in [2.24, 2.45) is 5.92 Å². The lowest BCUT2D eigenvalue weighted by Crippen LogP contribution is -2.57. The molecule has 0 bridgehead atoms. The Morgan fingerprint density at radius 1 is 1.53 bits per heavy atom. The second kappa shape index (κ2) is 4.49. The van der Waals surface area contributed by atoms with Crippen molar-refractivity contribution in [1.29, 1.82) is 0 Å². The quantitative estimate of drug-likeness (QED) is 0.712. The Morgan fingerprint density at radius 2 is 2.13 bits per heavy atom. The Labute approximate surface area is 89.8 Å². The molecule has 5 nitrogen and oxygen atoms in total. The van der Waals surface area contributed by atoms with E-state index in [1.165, 1.54) is 0 Å². The fourth-order valence-electron chi connectivity index (χ4n) is 1.71. The van der Waals surface area contributed by atoms with Gasteiger partial charge < -0.3 is 5.11 Å². The highest BCUT2D eigenvalue weighted by atomic mass is 32.2. The molecule has 0 aromatic carbocycles. The molecule has 2 N–H and O–H groups in total. The van der Waals surface area contributed by atoms with Crippen molar-refractivity contribution in [3.8, 4) is 0 Å². The molecule has 1 heterocycles. The third-order valence-corrected chi connectivity index (χ3v) is 4.61. The smallest absolute Gasteiger partial charge is 0.321 e. The van der Waals surface area contributed by atoms with Crippen molar-refractivity contribution in [2.75, 3.05) is 11.5 Å². The summed E-state index contributed by atoms with van der Waals surface area (Å²) in [5.74, 6) is -1.17. The Hall–Kier alpha value is -0.620. The summed E-state index contributed by atoms with van der Waals surface area (Å²) in [5.41, 5.74) is 0. The van der Waals surface area contributed by atoms with Crippen LogP contribution in [-0.4, -0.2) is 43.1 Å². The van der Waals surface area contributed by atoms with Crippen molar-refractivity contribution >= 4 is 15.8 Å². The lowest BCUT2D eigenvalue weighted by molar-refractivity contribution is -0.139. The van der Waals surface area contributed by atoms with Crippen LogP contribution < -0.4 is 5.32 Å². The van der Waals surface area contributed by atoms with Gasteiger partial charge in [0.2, 0.25) is 0 Å². The van der Waals surface area contributed by atoms with Gasteiger partial charge in [-0.3, -0.25) is 10.1 Å². The van der Waals surface area contributed by atoms with E-state index in [1.54, 1.807) is 0 Å². The minimum absolute atomic E-state index is 0.0474. The zero-order valence-electron chi connectivity index (χ0n) is 8.93. The number of hydrogen-bond donors (Lipinski definition) is 2. The maximum atomic E-state index is 11.5. The summed E-state index contributed by atoms with van der Waals surface area (Å²) >= 11 is 0. The van der Waals surface area contributed by atoms with E-state index in [-0.39, 0.29) is 23.5 Å². The molecule has 1 aliphatic rings. The predicted octanol–water partition coefficient (Wildman–Crippen LogP) is -0.128. The van der Waals surface area contributed by atoms with E-state index < -0.39 is 21.8 Å². The Morgan fingerprint density at radius 3 is 2.60 bits per heavy atom. The van der Waals surface area contributed by atoms with Crippen LogP contribution in [0.1, 0.15) is 20.3 Å². The molecular weight excluding hydrogens is 218 g/mol. The van der Waals surface area contributed by atoms with Gasteiger partial charge in [-0.05, 0) is 5.92 Å². The zero-order chi connectivity index (χ0) is 11.6. The predicted molar refractivity (Wildman–Crippen MR) is 56.5 cm³/mol. The maximum absolute atomic E-state index is 11.5. The van der Waals surface area contributed by atoms with E-state index in [9.17, 15) is 13.2 Å². The third kappa shape index (κ3) is 3.17. The molecule has 1 rings (SSSR count). The number of nitrogens with one attached hydrogen (secondary N) is 1. The molecule has 1 saturated heterocycles. The van der Waals surface area contributed by atoms with Gasteiger partial charge in [-0.25, -0.2) is 8.42 Å². The molecule has 1 aliphatic heterocycles. The van der Waals surface area contributed by atoms with Crippen LogP contribution in [0.2, 0.25) is 0 Å². The average Bonchev–Trinajstić information content (AvgIpc) is 2.14. The van der Waals surface area contributed by atoms with Crippen LogP contribution in [0.3, 0.4) is 0 Å². The highest BCUT2D eigenvalue weighted by Crippen LogP contribution is 2.16. The molecule has 1 fully saturated rings. The van der Waals surface area contributed by atoms with Crippen molar-refractivity contribution in [2.45, 2.75) is 32.4 Å². The van der Waals surface area contributed by atoms with Gasteiger partial charge >= 0.3 is 5.97 Å². The van der Waals surface area contributed by atoms with Crippen LogP contribution in [0.15, 0.2) is 0 Å². The first-order chi connectivity index (χ1) is 6.85. The van der Waals surface area contributed by atoms with Crippen LogP contribution in [-0.2, 0) is 14.6 Å². The zero-order valence-corrected chi connectivity index (χ0v) is 9.75. The SMILES string of the molecule is CCC(C)C1CS(=O)(=O)CC(C(=O)O)N1. The van der Waals surface area contributed by atoms with Crippen molar-refractivity contribution in [3.05, 3.63) is 0 Å². The lowest BCUT2D eigenvalue weighted by Gasteiger charge is -2.32. The molecule has 88 valence electrons. The van der Waals surface area contributed by atoms with Crippen molar-refractivity contribution < 1.29 is 18.3 Å². The minimum atomic E-state index is -3.22. The molecule has 0 aromatic heterocycles. The van der Waals surface area contributed by atoms with E-state index in [0.717, 1.165) is 6.42 Å². The lowest BCUT2D eigenvalue weighted by atomic mass is 10.00. The first-order valence-electron chi connectivity index (χ1n) is 5.05. The summed E-state index contributed by atoms with van der Waals surface area (Å²) in [7, 11) is -3.22. The van der Waals surface area contributed by atoms with Gasteiger partial charge in [-0.1, -0.05) is 20.3 Å². The van der Waals surface area contributed by atoms with Gasteiger partial charge in [0.15, 0.2) is 9.84 Å². The number of hydrogen-bond acceptors (Lipinski definition) is 4. The first kappa shape index (κ1) is 12.4. The first-order valence-corrected chi connectivity index (χ1v) is 6.87. The number of carboxylic acids is 1. The van der Waals surface area contributed by atoms with Crippen LogP contribution in [0.5, 0.6) is 0 Å². The average molecular weight is 235 g/mol. The highest BCUT2D eigenvalue weighted by Gasteiger charge is 2.36. The number of carbonyl (C=O) groups is 1. The van der Waals surface area contributed by atoms with E-state index in [1.807, 2.05) is 13.8 Å². The molecule has 0 spiro atoms. The van der Waals surface area contributed by atoms with E-state index in [2.05, 4.69) is 5.32 Å². The number of carboxylic acid groups (broad SMARTS) is 1. The molecule has 0 saturated carbocycles. The van der Waals surface area contributed by atoms with Gasteiger partial charge in [-0.2, -0.15) is 0 Å². The Bertz CT molecular complexity index is 338. The monoisotopic (exact) mass is 235 g/mol. The molecular formula is C9H17NO4S. The van der Waals surface area contributed by atoms with Crippen LogP contribution >= 0.6 is 0 Å². The number of aliphatic carboxylic acids is 1. The molecule has 3 unspecified atom stereocenters. The molecule has 0 amide bonds. The summed E-state index contributed by atoms with van der Waals surface area (Å²) < 4.78 is 23.0. The molecule has 15 heavy (non-hydrogen) atoms. The van der Waals surface area contributed by atoms with E-state index in [0.29, 0.717) is 0 Å². The Balaban J connectivity index is 2.81. The highest BCUT2D eigenvalue weighted by molar-refractivity contribution is 7.91. The van der Waals surface area contributed by atoms with Gasteiger partial charge in [0, 0.05) is 6.04 Å². The molecule has 0 aliphatic carbocycles. The van der Waals surface area contributed by atoms with Gasteiger partial charge in [0.1, 0.15) is 6.04 Å². The number of sulfone groups is 1. The fourth-order valence-corrected chi connectivity index (χ4v) is 3.56. The van der Waals surface area contributed by atoms with Crippen LogP contribution in [0.25, 0.3) is 0 Å². The summed E-state index contributed by atoms with van der Waals surface area (Å²) in [5, 5.41) is 11.7. The summed E-state index contributed by atoms with van der Waals surface area (Å²) in [6, 6.07) is -1.20. The molecule has 3 atom stereocenters. The number of rotatable bonds is 3. The maximum Gasteiger partial charge on any atom is 0.321 e. The van der Waals surface area contributed by atoms with E-state index >= 15 is 0 Å². The van der Waals surface area contributed by atoms with Crippen LogP contribution in [0, 0.1) is 5.92 Å². The van der Waals surface area contributed by atoms with E-state index in [4.69, 9.17) is 5.11 Å². The molecule has 0 aromatic rings. The second-order valence-electron chi connectivity index (χ2n) is 4.13.